The number of nitrogens with one attached hydrogen (secondary N) is 2. The number of amides is 3. The zero-order valence-corrected chi connectivity index (χ0v) is 17.8. The second-order valence-corrected chi connectivity index (χ2v) is 7.81. The minimum absolute atomic E-state index is 0.147. The molecule has 3 amide bonds. The minimum atomic E-state index is -0.401. The number of carbonyl (C=O) groups is 3. The summed E-state index contributed by atoms with van der Waals surface area (Å²) in [7, 11) is 0. The van der Waals surface area contributed by atoms with Gasteiger partial charge < -0.3 is 15.5 Å². The van der Waals surface area contributed by atoms with Gasteiger partial charge in [0, 0.05) is 42.8 Å². The van der Waals surface area contributed by atoms with Crippen molar-refractivity contribution in [1.29, 1.82) is 0 Å². The molecule has 2 heterocycles. The Hall–Kier alpha value is -3.94. The molecule has 4 rings (SSSR count). The number of anilines is 2. The van der Waals surface area contributed by atoms with E-state index in [1.165, 1.54) is 17.6 Å². The quantitative estimate of drug-likeness (QED) is 0.647. The highest BCUT2D eigenvalue weighted by Gasteiger charge is 2.23. The number of rotatable bonds is 5. The summed E-state index contributed by atoms with van der Waals surface area (Å²) in [5.41, 5.74) is 1.68. The summed E-state index contributed by atoms with van der Waals surface area (Å²) in [6.45, 7) is 2.62. The molecule has 1 fully saturated rings. The number of aromatic nitrogens is 1. The highest BCUT2D eigenvalue weighted by atomic mass is 16.2. The molecule has 0 bridgehead atoms. The summed E-state index contributed by atoms with van der Waals surface area (Å²) in [5.74, 6) is -0.700. The second kappa shape index (κ2) is 9.05. The molecule has 1 saturated heterocycles. The average Bonchev–Trinajstić information content (AvgIpc) is 3.31. The molecule has 0 aliphatic carbocycles. The van der Waals surface area contributed by atoms with Crippen LogP contribution in [-0.2, 0) is 16.1 Å². The Kier molecular flexibility index (Phi) is 6.02. The van der Waals surface area contributed by atoms with Crippen LogP contribution >= 0.6 is 0 Å². The molecule has 2 N–H and O–H groups in total. The van der Waals surface area contributed by atoms with Crippen LogP contribution in [0.15, 0.2) is 59.4 Å². The smallest absolute Gasteiger partial charge is 0.254 e. The Morgan fingerprint density at radius 3 is 2.19 bits per heavy atom. The zero-order valence-electron chi connectivity index (χ0n) is 17.8. The third-order valence-electron chi connectivity index (χ3n) is 5.43. The molecule has 0 atom stereocenters. The van der Waals surface area contributed by atoms with Gasteiger partial charge in [-0.3, -0.25) is 23.7 Å². The number of carbonyl (C=O) groups excluding carboxylic acids is 3. The standard InChI is InChI=1S/C24H24N4O4/c1-16(29)25-17-8-10-18(11-9-17)26-22(30)15-28-21-7-3-2-6-19(21)20(14-23(28)31)24(32)27-12-4-5-13-27/h2-3,6-11,14H,4-5,12-13,15H2,1H3,(H,25,29)(H,26,30). The van der Waals surface area contributed by atoms with E-state index in [4.69, 9.17) is 0 Å². The molecular formula is C24H24N4O4. The molecule has 1 aliphatic rings. The predicted octanol–water partition coefficient (Wildman–Crippen LogP) is 2.83. The van der Waals surface area contributed by atoms with Crippen LogP contribution in [0.25, 0.3) is 10.9 Å². The third kappa shape index (κ3) is 4.54. The van der Waals surface area contributed by atoms with Crippen molar-refractivity contribution in [3.05, 3.63) is 70.5 Å². The van der Waals surface area contributed by atoms with E-state index in [9.17, 15) is 19.2 Å². The van der Waals surface area contributed by atoms with E-state index >= 15 is 0 Å². The molecule has 8 nitrogen and oxygen atoms in total. The number of hydrogen-bond acceptors (Lipinski definition) is 4. The molecule has 1 aromatic heterocycles. The highest BCUT2D eigenvalue weighted by Crippen LogP contribution is 2.21. The topological polar surface area (TPSA) is 101 Å². The molecule has 2 aromatic carbocycles. The van der Waals surface area contributed by atoms with Crippen LogP contribution in [0, 0.1) is 0 Å². The van der Waals surface area contributed by atoms with E-state index in [0.29, 0.717) is 40.9 Å². The van der Waals surface area contributed by atoms with Crippen LogP contribution in [-0.4, -0.2) is 40.3 Å². The normalized spacial score (nSPS) is 13.2. The van der Waals surface area contributed by atoms with Crippen molar-refractivity contribution in [1.82, 2.24) is 9.47 Å². The van der Waals surface area contributed by atoms with Crippen LogP contribution in [0.1, 0.15) is 30.1 Å². The van der Waals surface area contributed by atoms with Gasteiger partial charge in [-0.15, -0.1) is 0 Å². The first-order chi connectivity index (χ1) is 15.4. The van der Waals surface area contributed by atoms with E-state index < -0.39 is 5.56 Å². The van der Waals surface area contributed by atoms with Gasteiger partial charge in [0.05, 0.1) is 11.1 Å². The van der Waals surface area contributed by atoms with Gasteiger partial charge in [0.25, 0.3) is 11.5 Å². The maximum Gasteiger partial charge on any atom is 0.254 e. The summed E-state index contributed by atoms with van der Waals surface area (Å²) in [6, 6.07) is 15.2. The Morgan fingerprint density at radius 1 is 0.906 bits per heavy atom. The second-order valence-electron chi connectivity index (χ2n) is 7.81. The molecule has 164 valence electrons. The zero-order chi connectivity index (χ0) is 22.7. The van der Waals surface area contributed by atoms with Crippen LogP contribution in [0.2, 0.25) is 0 Å². The Balaban J connectivity index is 1.58. The third-order valence-corrected chi connectivity index (χ3v) is 5.43. The van der Waals surface area contributed by atoms with Gasteiger partial charge in [0.15, 0.2) is 0 Å². The Bertz CT molecular complexity index is 1240. The molecule has 0 saturated carbocycles. The Morgan fingerprint density at radius 2 is 1.53 bits per heavy atom. The van der Waals surface area contributed by atoms with Gasteiger partial charge in [0.2, 0.25) is 11.8 Å². The van der Waals surface area contributed by atoms with E-state index in [1.54, 1.807) is 47.4 Å². The lowest BCUT2D eigenvalue weighted by Gasteiger charge is -2.18. The molecule has 8 heteroatoms. The Labute approximate surface area is 184 Å². The van der Waals surface area contributed by atoms with Crippen molar-refractivity contribution in [3.8, 4) is 0 Å². The lowest BCUT2D eigenvalue weighted by Crippen LogP contribution is -2.32. The first kappa shape index (κ1) is 21.3. The van der Waals surface area contributed by atoms with E-state index in [2.05, 4.69) is 10.6 Å². The summed E-state index contributed by atoms with van der Waals surface area (Å²) in [4.78, 5) is 51.4. The van der Waals surface area contributed by atoms with Crippen LogP contribution in [0.4, 0.5) is 11.4 Å². The molecule has 32 heavy (non-hydrogen) atoms. The molecule has 3 aromatic rings. The minimum Gasteiger partial charge on any atom is -0.339 e. The first-order valence-corrected chi connectivity index (χ1v) is 10.5. The van der Waals surface area contributed by atoms with Crippen molar-refractivity contribution in [2.45, 2.75) is 26.3 Å². The van der Waals surface area contributed by atoms with E-state index in [1.807, 2.05) is 6.07 Å². The number of nitrogens with zero attached hydrogens (tertiary/aromatic N) is 2. The summed E-state index contributed by atoms with van der Waals surface area (Å²) in [5, 5.41) is 6.07. The SMILES string of the molecule is CC(=O)Nc1ccc(NC(=O)Cn2c(=O)cc(C(=O)N3CCCC3)c3ccccc32)cc1. The molecule has 1 aliphatic heterocycles. The van der Waals surface area contributed by atoms with Gasteiger partial charge in [-0.05, 0) is 43.2 Å². The highest BCUT2D eigenvalue weighted by molar-refractivity contribution is 6.06. The number of pyridine rings is 1. The molecule has 0 spiro atoms. The number of benzene rings is 2. The summed E-state index contributed by atoms with van der Waals surface area (Å²) < 4.78 is 1.37. The van der Waals surface area contributed by atoms with Crippen molar-refractivity contribution in [2.75, 3.05) is 23.7 Å². The molecular weight excluding hydrogens is 408 g/mol. The van der Waals surface area contributed by atoms with Gasteiger partial charge >= 0.3 is 0 Å². The maximum absolute atomic E-state index is 13.0. The average molecular weight is 432 g/mol. The number of likely N-dealkylation sites (tertiary alicyclic amines) is 1. The monoisotopic (exact) mass is 432 g/mol. The van der Waals surface area contributed by atoms with E-state index in [0.717, 1.165) is 12.8 Å². The van der Waals surface area contributed by atoms with Gasteiger partial charge in [-0.25, -0.2) is 0 Å². The number of para-hydroxylation sites is 1. The lowest BCUT2D eigenvalue weighted by molar-refractivity contribution is -0.117. The fourth-order valence-corrected chi connectivity index (χ4v) is 3.95. The summed E-state index contributed by atoms with van der Waals surface area (Å²) in [6.07, 6.45) is 1.93. The van der Waals surface area contributed by atoms with Crippen molar-refractivity contribution < 1.29 is 14.4 Å². The fourth-order valence-electron chi connectivity index (χ4n) is 3.95. The molecule has 0 radical (unpaired) electrons. The van der Waals surface area contributed by atoms with Gasteiger partial charge in [-0.2, -0.15) is 0 Å². The summed E-state index contributed by atoms with van der Waals surface area (Å²) >= 11 is 0. The fraction of sp³-hybridized carbons (Fsp3) is 0.250. The lowest BCUT2D eigenvalue weighted by atomic mass is 10.1. The van der Waals surface area contributed by atoms with E-state index in [-0.39, 0.29) is 24.3 Å². The van der Waals surface area contributed by atoms with Crippen molar-refractivity contribution in [2.24, 2.45) is 0 Å². The number of hydrogen-bond donors (Lipinski definition) is 2. The first-order valence-electron chi connectivity index (χ1n) is 10.5. The van der Waals surface area contributed by atoms with Crippen LogP contribution in [0.3, 0.4) is 0 Å². The number of fused-ring (bicyclic) bond motifs is 1. The molecule has 0 unspecified atom stereocenters. The van der Waals surface area contributed by atoms with Crippen LogP contribution in [0.5, 0.6) is 0 Å². The van der Waals surface area contributed by atoms with Crippen molar-refractivity contribution in [3.63, 3.8) is 0 Å². The van der Waals surface area contributed by atoms with Crippen LogP contribution < -0.4 is 16.2 Å². The predicted molar refractivity (Wildman–Crippen MR) is 123 cm³/mol. The van der Waals surface area contributed by atoms with Gasteiger partial charge in [0.1, 0.15) is 6.54 Å². The maximum atomic E-state index is 13.0. The van der Waals surface area contributed by atoms with Crippen molar-refractivity contribution >= 4 is 40.0 Å². The largest absolute Gasteiger partial charge is 0.339 e. The van der Waals surface area contributed by atoms with Gasteiger partial charge in [-0.1, -0.05) is 18.2 Å².